The average Bonchev–Trinajstić information content (AvgIpc) is 2.95. The zero-order valence-corrected chi connectivity index (χ0v) is 18.6. The van der Waals surface area contributed by atoms with Gasteiger partial charge in [0.05, 0.1) is 17.4 Å². The summed E-state index contributed by atoms with van der Waals surface area (Å²) in [6.07, 6.45) is -6.07. The molecule has 0 saturated heterocycles. The Bertz CT molecular complexity index is 1230. The molecule has 0 bridgehead atoms. The number of hydrogen-bond acceptors (Lipinski definition) is 4. The van der Waals surface area contributed by atoms with Crippen LogP contribution in [0.25, 0.3) is 0 Å². The monoisotopic (exact) mass is 480 g/mol. The SMILES string of the molecule is N[C@H](Cc1ccccc1)C(=O)N[C@@H]1N=C(c2ccccc2)c2ccccc2N(CC(F)(F)F)C1=O. The fourth-order valence-corrected chi connectivity index (χ4v) is 3.89. The normalized spacial score (nSPS) is 16.7. The lowest BCUT2D eigenvalue weighted by Gasteiger charge is -2.26. The maximum absolute atomic E-state index is 13.5. The van der Waals surface area contributed by atoms with Gasteiger partial charge in [-0.2, -0.15) is 13.2 Å². The molecular formula is C26H23F3N4O2. The van der Waals surface area contributed by atoms with E-state index in [-0.39, 0.29) is 12.1 Å². The molecule has 0 aromatic heterocycles. The Balaban J connectivity index is 1.72. The number of rotatable bonds is 6. The molecule has 2 amide bonds. The number of fused-ring (bicyclic) bond motifs is 1. The molecule has 0 aliphatic carbocycles. The maximum Gasteiger partial charge on any atom is 0.406 e. The molecule has 35 heavy (non-hydrogen) atoms. The van der Waals surface area contributed by atoms with Crippen molar-refractivity contribution in [3.05, 3.63) is 102 Å². The van der Waals surface area contributed by atoms with Crippen molar-refractivity contribution < 1.29 is 22.8 Å². The van der Waals surface area contributed by atoms with Crippen molar-refractivity contribution >= 4 is 23.2 Å². The number of amides is 2. The molecule has 3 aromatic carbocycles. The van der Waals surface area contributed by atoms with Gasteiger partial charge in [0.15, 0.2) is 0 Å². The number of benzodiazepines with no additional fused rings is 1. The summed E-state index contributed by atoms with van der Waals surface area (Å²) in [5, 5.41) is 2.47. The fraction of sp³-hybridized carbons (Fsp3) is 0.192. The van der Waals surface area contributed by atoms with Crippen LogP contribution < -0.4 is 16.0 Å². The van der Waals surface area contributed by atoms with E-state index in [0.29, 0.717) is 21.7 Å². The van der Waals surface area contributed by atoms with E-state index < -0.39 is 36.7 Å². The molecule has 1 aliphatic rings. The second-order valence-corrected chi connectivity index (χ2v) is 8.11. The standard InChI is InChI=1S/C26H23F3N4O2/c27-26(28,29)16-33-21-14-8-7-13-19(21)22(18-11-5-2-6-12-18)31-23(25(33)35)32-24(34)20(30)15-17-9-3-1-4-10-17/h1-14,20,23H,15-16,30H2,(H,32,34)/t20-,23+/m1/s1. The van der Waals surface area contributed by atoms with Crippen LogP contribution in [0.4, 0.5) is 18.9 Å². The van der Waals surface area contributed by atoms with Gasteiger partial charge in [-0.05, 0) is 18.1 Å². The second kappa shape index (κ2) is 10.1. The van der Waals surface area contributed by atoms with Crippen LogP contribution in [-0.2, 0) is 16.0 Å². The van der Waals surface area contributed by atoms with Gasteiger partial charge in [-0.1, -0.05) is 78.9 Å². The highest BCUT2D eigenvalue weighted by Crippen LogP contribution is 2.31. The molecule has 1 heterocycles. The molecule has 0 fully saturated rings. The van der Waals surface area contributed by atoms with Gasteiger partial charge in [-0.25, -0.2) is 4.99 Å². The molecule has 6 nitrogen and oxygen atoms in total. The zero-order chi connectivity index (χ0) is 25.0. The molecular weight excluding hydrogens is 457 g/mol. The highest BCUT2D eigenvalue weighted by molar-refractivity contribution is 6.20. The summed E-state index contributed by atoms with van der Waals surface area (Å²) in [5.41, 5.74) is 8.15. The van der Waals surface area contributed by atoms with Gasteiger partial charge in [-0.3, -0.25) is 14.5 Å². The summed E-state index contributed by atoms with van der Waals surface area (Å²) in [5.74, 6) is -1.69. The first-order valence-corrected chi connectivity index (χ1v) is 10.9. The van der Waals surface area contributed by atoms with Crippen molar-refractivity contribution in [1.82, 2.24) is 5.32 Å². The highest BCUT2D eigenvalue weighted by atomic mass is 19.4. The number of halogens is 3. The van der Waals surface area contributed by atoms with Crippen LogP contribution in [0.3, 0.4) is 0 Å². The number of para-hydroxylation sites is 1. The number of aliphatic imine (C=N–C) groups is 1. The Labute approximate surface area is 200 Å². The minimum absolute atomic E-state index is 0.0581. The van der Waals surface area contributed by atoms with E-state index in [2.05, 4.69) is 10.3 Å². The lowest BCUT2D eigenvalue weighted by molar-refractivity contribution is -0.135. The zero-order valence-electron chi connectivity index (χ0n) is 18.6. The van der Waals surface area contributed by atoms with E-state index >= 15 is 0 Å². The summed E-state index contributed by atoms with van der Waals surface area (Å²) in [6, 6.07) is 23.0. The van der Waals surface area contributed by atoms with E-state index in [4.69, 9.17) is 5.73 Å². The molecule has 2 atom stereocenters. The topological polar surface area (TPSA) is 87.8 Å². The van der Waals surface area contributed by atoms with E-state index in [9.17, 15) is 22.8 Å². The summed E-state index contributed by atoms with van der Waals surface area (Å²) >= 11 is 0. The van der Waals surface area contributed by atoms with Gasteiger partial charge >= 0.3 is 6.18 Å². The van der Waals surface area contributed by atoms with Crippen LogP contribution in [0.2, 0.25) is 0 Å². The minimum Gasteiger partial charge on any atom is -0.325 e. The molecule has 0 saturated carbocycles. The van der Waals surface area contributed by atoms with E-state index in [0.717, 1.165) is 5.56 Å². The van der Waals surface area contributed by atoms with Gasteiger partial charge in [0, 0.05) is 11.1 Å². The Morgan fingerprint density at radius 2 is 1.57 bits per heavy atom. The third kappa shape index (κ3) is 5.75. The van der Waals surface area contributed by atoms with E-state index in [1.54, 1.807) is 72.8 Å². The van der Waals surface area contributed by atoms with Gasteiger partial charge < -0.3 is 11.1 Å². The number of alkyl halides is 3. The van der Waals surface area contributed by atoms with Gasteiger partial charge in [0.2, 0.25) is 12.1 Å². The lowest BCUT2D eigenvalue weighted by Crippen LogP contribution is -2.53. The minimum atomic E-state index is -4.67. The summed E-state index contributed by atoms with van der Waals surface area (Å²) in [7, 11) is 0. The number of nitrogens with one attached hydrogen (secondary N) is 1. The molecule has 0 radical (unpaired) electrons. The van der Waals surface area contributed by atoms with Crippen molar-refractivity contribution in [3.8, 4) is 0 Å². The number of nitrogens with two attached hydrogens (primary N) is 1. The van der Waals surface area contributed by atoms with Crippen LogP contribution in [0, 0.1) is 0 Å². The largest absolute Gasteiger partial charge is 0.406 e. The molecule has 1 aliphatic heterocycles. The molecule has 0 spiro atoms. The maximum atomic E-state index is 13.5. The predicted octanol–water partition coefficient (Wildman–Crippen LogP) is 3.45. The number of benzene rings is 3. The highest BCUT2D eigenvalue weighted by Gasteiger charge is 2.40. The first-order valence-electron chi connectivity index (χ1n) is 10.9. The van der Waals surface area contributed by atoms with Crippen LogP contribution in [0.5, 0.6) is 0 Å². The molecule has 4 rings (SSSR count). The Hall–Kier alpha value is -3.98. The van der Waals surface area contributed by atoms with Gasteiger partial charge in [0.1, 0.15) is 6.54 Å². The number of carbonyl (C=O) groups is 2. The van der Waals surface area contributed by atoms with Crippen LogP contribution in [-0.4, -0.2) is 42.5 Å². The van der Waals surface area contributed by atoms with Gasteiger partial charge in [0.25, 0.3) is 5.91 Å². The van der Waals surface area contributed by atoms with Gasteiger partial charge in [-0.15, -0.1) is 0 Å². The summed E-state index contributed by atoms with van der Waals surface area (Å²) in [6.45, 7) is -1.52. The van der Waals surface area contributed by atoms with Crippen molar-refractivity contribution in [3.63, 3.8) is 0 Å². The number of nitrogens with zero attached hydrogens (tertiary/aromatic N) is 2. The Kier molecular flexibility index (Phi) is 6.97. The lowest BCUT2D eigenvalue weighted by atomic mass is 10.0. The van der Waals surface area contributed by atoms with Crippen molar-refractivity contribution in [2.45, 2.75) is 24.8 Å². The number of anilines is 1. The van der Waals surface area contributed by atoms with Crippen molar-refractivity contribution in [2.24, 2.45) is 10.7 Å². The van der Waals surface area contributed by atoms with Crippen molar-refractivity contribution in [2.75, 3.05) is 11.4 Å². The first kappa shape index (κ1) is 24.2. The molecule has 0 unspecified atom stereocenters. The van der Waals surface area contributed by atoms with Crippen LogP contribution in [0.1, 0.15) is 16.7 Å². The number of carbonyl (C=O) groups excluding carboxylic acids is 2. The second-order valence-electron chi connectivity index (χ2n) is 8.11. The third-order valence-corrected chi connectivity index (χ3v) is 5.51. The van der Waals surface area contributed by atoms with E-state index in [1.807, 2.05) is 6.07 Å². The van der Waals surface area contributed by atoms with Crippen LogP contribution in [0.15, 0.2) is 89.9 Å². The summed E-state index contributed by atoms with van der Waals surface area (Å²) in [4.78, 5) is 31.3. The average molecular weight is 480 g/mol. The predicted molar refractivity (Wildman–Crippen MR) is 127 cm³/mol. The third-order valence-electron chi connectivity index (χ3n) is 5.51. The van der Waals surface area contributed by atoms with E-state index in [1.165, 1.54) is 6.07 Å². The molecule has 9 heteroatoms. The quantitative estimate of drug-likeness (QED) is 0.567. The molecule has 3 aromatic rings. The molecule has 180 valence electrons. The van der Waals surface area contributed by atoms with Crippen LogP contribution >= 0.6 is 0 Å². The fourth-order valence-electron chi connectivity index (χ4n) is 3.89. The van der Waals surface area contributed by atoms with Crippen molar-refractivity contribution in [1.29, 1.82) is 0 Å². The first-order chi connectivity index (χ1) is 16.7. The summed E-state index contributed by atoms with van der Waals surface area (Å²) < 4.78 is 40.4. The number of hydrogen-bond donors (Lipinski definition) is 2. The molecule has 3 N–H and O–H groups in total. The Morgan fingerprint density at radius 3 is 2.23 bits per heavy atom. The Morgan fingerprint density at radius 1 is 0.971 bits per heavy atom. The smallest absolute Gasteiger partial charge is 0.325 e.